The van der Waals surface area contributed by atoms with E-state index in [4.69, 9.17) is 15.7 Å². The van der Waals surface area contributed by atoms with Crippen LogP contribution in [0.3, 0.4) is 0 Å². The molecule has 6 N–H and O–H groups in total. The van der Waals surface area contributed by atoms with Crippen LogP contribution in [0.15, 0.2) is 24.4 Å². The zero-order chi connectivity index (χ0) is 21.1. The second-order valence-corrected chi connectivity index (χ2v) is 8.24. The van der Waals surface area contributed by atoms with Crippen LogP contribution in [0.2, 0.25) is 0 Å². The van der Waals surface area contributed by atoms with E-state index < -0.39 is 16.0 Å². The lowest BCUT2D eigenvalue weighted by atomic mass is 10.1. The molecular formula is C17H24N6O4S. The Bertz CT molecular complexity index is 978. The van der Waals surface area contributed by atoms with Crippen LogP contribution in [-0.2, 0) is 10.1 Å². The summed E-state index contributed by atoms with van der Waals surface area (Å²) in [5, 5.41) is 6.07. The molecule has 1 aromatic carbocycles. The van der Waals surface area contributed by atoms with E-state index in [-0.39, 0.29) is 29.0 Å². The highest BCUT2D eigenvalue weighted by Gasteiger charge is 2.16. The summed E-state index contributed by atoms with van der Waals surface area (Å²) >= 11 is 0. The van der Waals surface area contributed by atoms with Crippen LogP contribution in [0, 0.1) is 5.92 Å². The number of nitrogen functional groups attached to an aromatic ring is 1. The first-order valence-electron chi connectivity index (χ1n) is 8.45. The number of anilines is 4. The van der Waals surface area contributed by atoms with Crippen molar-refractivity contribution in [2.45, 2.75) is 26.8 Å². The van der Waals surface area contributed by atoms with Crippen LogP contribution in [0.1, 0.15) is 31.1 Å². The van der Waals surface area contributed by atoms with Gasteiger partial charge in [0, 0.05) is 24.0 Å². The van der Waals surface area contributed by atoms with Crippen LogP contribution in [-0.4, -0.2) is 36.6 Å². The molecule has 152 valence electrons. The van der Waals surface area contributed by atoms with Gasteiger partial charge in [0.1, 0.15) is 5.82 Å². The Kier molecular flexibility index (Phi) is 6.29. The van der Waals surface area contributed by atoms with Gasteiger partial charge in [-0.25, -0.2) is 4.98 Å². The molecule has 2 rings (SSSR count). The summed E-state index contributed by atoms with van der Waals surface area (Å²) in [7, 11) is -3.73. The van der Waals surface area contributed by atoms with E-state index in [1.165, 1.54) is 18.3 Å². The van der Waals surface area contributed by atoms with Crippen molar-refractivity contribution in [3.05, 3.63) is 30.0 Å². The quantitative estimate of drug-likeness (QED) is 0.376. The van der Waals surface area contributed by atoms with Crippen molar-refractivity contribution in [1.29, 1.82) is 0 Å². The van der Waals surface area contributed by atoms with Crippen molar-refractivity contribution in [1.82, 2.24) is 9.97 Å². The fourth-order valence-electron chi connectivity index (χ4n) is 2.09. The number of hydrogen-bond acceptors (Lipinski definition) is 9. The van der Waals surface area contributed by atoms with Gasteiger partial charge in [-0.15, -0.1) is 0 Å². The SMILES string of the molecule is CC(C)[C@@H](C)Nc1nc(Nc2ccc(N)c(OS(C)(=O)=O)c2)ncc1C(N)=O. The maximum atomic E-state index is 11.7. The number of primary amides is 1. The van der Waals surface area contributed by atoms with E-state index >= 15 is 0 Å². The van der Waals surface area contributed by atoms with E-state index in [1.54, 1.807) is 6.07 Å². The number of amides is 1. The Morgan fingerprint density at radius 2 is 1.93 bits per heavy atom. The monoisotopic (exact) mass is 408 g/mol. The predicted molar refractivity (Wildman–Crippen MR) is 108 cm³/mol. The summed E-state index contributed by atoms with van der Waals surface area (Å²) in [4.78, 5) is 20.0. The molecule has 11 heteroatoms. The zero-order valence-electron chi connectivity index (χ0n) is 16.1. The topological polar surface area (TPSA) is 162 Å². The number of carbonyl (C=O) groups is 1. The van der Waals surface area contributed by atoms with Crippen molar-refractivity contribution < 1.29 is 17.4 Å². The fraction of sp³-hybridized carbons (Fsp3) is 0.353. The lowest BCUT2D eigenvalue weighted by Gasteiger charge is -2.20. The summed E-state index contributed by atoms with van der Waals surface area (Å²) in [6.45, 7) is 6.01. The minimum Gasteiger partial charge on any atom is -0.396 e. The van der Waals surface area contributed by atoms with Crippen molar-refractivity contribution in [3.63, 3.8) is 0 Å². The van der Waals surface area contributed by atoms with Crippen LogP contribution in [0.5, 0.6) is 5.75 Å². The Labute approximate surface area is 163 Å². The van der Waals surface area contributed by atoms with Gasteiger partial charge in [-0.2, -0.15) is 13.4 Å². The minimum absolute atomic E-state index is 0.0203. The third-order valence-corrected chi connectivity index (χ3v) is 4.41. The number of nitrogens with one attached hydrogen (secondary N) is 2. The van der Waals surface area contributed by atoms with Gasteiger partial charge in [0.2, 0.25) is 5.95 Å². The van der Waals surface area contributed by atoms with E-state index in [0.717, 1.165) is 6.26 Å². The second-order valence-electron chi connectivity index (χ2n) is 6.66. The molecule has 1 heterocycles. The van der Waals surface area contributed by atoms with Gasteiger partial charge in [0.25, 0.3) is 5.91 Å². The van der Waals surface area contributed by atoms with Gasteiger partial charge in [-0.3, -0.25) is 4.79 Å². The molecule has 1 atom stereocenters. The summed E-state index contributed by atoms with van der Waals surface area (Å²) in [5.41, 5.74) is 11.9. The first kappa shape index (κ1) is 21.2. The molecule has 0 spiro atoms. The van der Waals surface area contributed by atoms with E-state index in [0.29, 0.717) is 17.4 Å². The first-order chi connectivity index (χ1) is 13.0. The zero-order valence-corrected chi connectivity index (χ0v) is 16.9. The normalized spacial score (nSPS) is 12.5. The van der Waals surface area contributed by atoms with Gasteiger partial charge in [0.05, 0.1) is 17.5 Å². The number of aromatic nitrogens is 2. The molecule has 1 aromatic heterocycles. The lowest BCUT2D eigenvalue weighted by molar-refractivity contribution is 0.100. The summed E-state index contributed by atoms with van der Waals surface area (Å²) in [6, 6.07) is 4.54. The van der Waals surface area contributed by atoms with Crippen molar-refractivity contribution in [3.8, 4) is 5.75 Å². The minimum atomic E-state index is -3.73. The third-order valence-electron chi connectivity index (χ3n) is 3.93. The average molecular weight is 408 g/mol. The molecule has 28 heavy (non-hydrogen) atoms. The number of nitrogens with zero attached hydrogens (tertiary/aromatic N) is 2. The van der Waals surface area contributed by atoms with Gasteiger partial charge < -0.3 is 26.3 Å². The molecule has 0 bridgehead atoms. The smallest absolute Gasteiger partial charge is 0.306 e. The van der Waals surface area contributed by atoms with Gasteiger partial charge in [-0.1, -0.05) is 13.8 Å². The molecule has 0 saturated heterocycles. The Morgan fingerprint density at radius 3 is 2.50 bits per heavy atom. The summed E-state index contributed by atoms with van der Waals surface area (Å²) in [5.74, 6) is 0.0991. The number of carbonyl (C=O) groups excluding carboxylic acids is 1. The molecule has 0 saturated carbocycles. The Morgan fingerprint density at radius 1 is 1.25 bits per heavy atom. The van der Waals surface area contributed by atoms with Crippen LogP contribution >= 0.6 is 0 Å². The molecule has 1 amide bonds. The molecule has 0 aliphatic rings. The van der Waals surface area contributed by atoms with Crippen molar-refractivity contribution in [2.75, 3.05) is 22.6 Å². The maximum Gasteiger partial charge on any atom is 0.306 e. The van der Waals surface area contributed by atoms with Gasteiger partial charge in [-0.05, 0) is 25.0 Å². The Hall–Kier alpha value is -3.08. The Balaban J connectivity index is 2.33. The van der Waals surface area contributed by atoms with E-state index in [9.17, 15) is 13.2 Å². The summed E-state index contributed by atoms with van der Waals surface area (Å²) in [6.07, 6.45) is 2.24. The van der Waals surface area contributed by atoms with Crippen LogP contribution in [0.25, 0.3) is 0 Å². The molecule has 10 nitrogen and oxygen atoms in total. The van der Waals surface area contributed by atoms with E-state index in [1.807, 2.05) is 20.8 Å². The predicted octanol–water partition coefficient (Wildman–Crippen LogP) is 1.70. The third kappa shape index (κ3) is 5.71. The molecule has 0 aliphatic carbocycles. The second kappa shape index (κ2) is 8.30. The molecule has 2 aromatic rings. The highest BCUT2D eigenvalue weighted by molar-refractivity contribution is 7.86. The molecule has 0 unspecified atom stereocenters. The average Bonchev–Trinajstić information content (AvgIpc) is 2.56. The van der Waals surface area contributed by atoms with Crippen LogP contribution in [0.4, 0.5) is 23.1 Å². The fourth-order valence-corrected chi connectivity index (χ4v) is 2.56. The highest BCUT2D eigenvalue weighted by Crippen LogP contribution is 2.28. The van der Waals surface area contributed by atoms with Crippen molar-refractivity contribution in [2.24, 2.45) is 11.7 Å². The standard InChI is InChI=1S/C17H24N6O4S/c1-9(2)10(3)21-16-12(15(19)24)8-20-17(23-16)22-11-5-6-13(18)14(7-11)27-28(4,25)26/h5-10H,18H2,1-4H3,(H2,19,24)(H2,20,21,22,23)/t10-/m1/s1. The highest BCUT2D eigenvalue weighted by atomic mass is 32.2. The summed E-state index contributed by atoms with van der Waals surface area (Å²) < 4.78 is 27.6. The van der Waals surface area contributed by atoms with Gasteiger partial charge >= 0.3 is 10.1 Å². The van der Waals surface area contributed by atoms with Crippen LogP contribution < -0.4 is 26.3 Å². The number of benzene rings is 1. The lowest BCUT2D eigenvalue weighted by Crippen LogP contribution is -2.25. The van der Waals surface area contributed by atoms with Gasteiger partial charge in [0.15, 0.2) is 5.75 Å². The molecular weight excluding hydrogens is 384 g/mol. The number of hydrogen-bond donors (Lipinski definition) is 4. The molecule has 0 radical (unpaired) electrons. The first-order valence-corrected chi connectivity index (χ1v) is 10.3. The molecule has 0 fully saturated rings. The number of nitrogens with two attached hydrogens (primary N) is 2. The maximum absolute atomic E-state index is 11.7. The van der Waals surface area contributed by atoms with Crippen molar-refractivity contribution >= 4 is 39.2 Å². The van der Waals surface area contributed by atoms with E-state index in [2.05, 4.69) is 20.6 Å². The number of rotatable bonds is 8. The molecule has 0 aliphatic heterocycles. The largest absolute Gasteiger partial charge is 0.396 e.